The number of benzene rings is 1. The number of nitro benzene ring substituents is 1. The van der Waals surface area contributed by atoms with Gasteiger partial charge in [0.1, 0.15) is 27.3 Å². The Balaban J connectivity index is 1.81. The van der Waals surface area contributed by atoms with Crippen LogP contribution in [0.3, 0.4) is 0 Å². The van der Waals surface area contributed by atoms with Gasteiger partial charge in [0.25, 0.3) is 11.6 Å². The van der Waals surface area contributed by atoms with Gasteiger partial charge in [-0.2, -0.15) is 0 Å². The van der Waals surface area contributed by atoms with Gasteiger partial charge in [-0.25, -0.2) is 9.19 Å². The molecule has 8 nitrogen and oxygen atoms in total. The van der Waals surface area contributed by atoms with E-state index in [2.05, 4.69) is 4.40 Å². The summed E-state index contributed by atoms with van der Waals surface area (Å²) in [5.41, 5.74) is 0.577. The van der Waals surface area contributed by atoms with Crippen LogP contribution in [0, 0.1) is 10.1 Å². The fourth-order valence-corrected chi connectivity index (χ4v) is 4.73. The lowest BCUT2D eigenvalue weighted by molar-refractivity contribution is -0.387. The molecule has 3 rings (SSSR count). The number of rotatable bonds is 4. The van der Waals surface area contributed by atoms with Crippen molar-refractivity contribution in [3.05, 3.63) is 45.6 Å². The van der Waals surface area contributed by atoms with Gasteiger partial charge >= 0.3 is 5.97 Å². The number of fused-ring (bicyclic) bond motifs is 1. The van der Waals surface area contributed by atoms with Crippen LogP contribution in [0.15, 0.2) is 44.8 Å². The van der Waals surface area contributed by atoms with Crippen LogP contribution in [0.2, 0.25) is 0 Å². The number of β-lactam (4-membered cyclic amide) rings is 1. The second-order valence-corrected chi connectivity index (χ2v) is 9.14. The van der Waals surface area contributed by atoms with Crippen molar-refractivity contribution >= 4 is 47.0 Å². The number of thioether (sulfide) groups is 1. The maximum absolute atomic E-state index is 12.7. The Morgan fingerprint density at radius 3 is 2.71 bits per heavy atom. The molecule has 0 saturated carbocycles. The third-order valence-corrected chi connectivity index (χ3v) is 6.09. The van der Waals surface area contributed by atoms with Gasteiger partial charge in [-0.15, -0.1) is 11.8 Å². The van der Waals surface area contributed by atoms with Crippen molar-refractivity contribution < 1.29 is 19.2 Å². The highest BCUT2D eigenvalue weighted by molar-refractivity contribution is 8.01. The molecule has 1 aromatic rings. The van der Waals surface area contributed by atoms with Gasteiger partial charge in [-0.1, -0.05) is 12.1 Å². The Hall–Kier alpha value is -2.33. The van der Waals surface area contributed by atoms with Crippen LogP contribution in [0.4, 0.5) is 5.69 Å². The topological polar surface area (TPSA) is 102 Å². The SMILES string of the molecule is CC1=C(C(=O)OC(C)(C)C)N2C(=O)/C(=N\Sc3ccccc3[N+](=O)[O-])[C@H]2SC1. The zero-order valence-corrected chi connectivity index (χ0v) is 17.4. The van der Waals surface area contributed by atoms with Crippen LogP contribution >= 0.6 is 23.7 Å². The molecule has 2 aliphatic rings. The van der Waals surface area contributed by atoms with Gasteiger partial charge in [0.2, 0.25) is 0 Å². The van der Waals surface area contributed by atoms with Crippen LogP contribution in [-0.2, 0) is 14.3 Å². The highest BCUT2D eigenvalue weighted by Crippen LogP contribution is 2.41. The molecule has 1 amide bonds. The van der Waals surface area contributed by atoms with Crippen molar-refractivity contribution in [2.45, 2.75) is 43.6 Å². The zero-order valence-electron chi connectivity index (χ0n) is 15.8. The van der Waals surface area contributed by atoms with E-state index in [9.17, 15) is 19.7 Å². The van der Waals surface area contributed by atoms with Gasteiger partial charge < -0.3 is 4.74 Å². The molecular formula is C18H19N3O5S2. The Labute approximate surface area is 170 Å². The average molecular weight is 422 g/mol. The van der Waals surface area contributed by atoms with E-state index in [1.165, 1.54) is 22.7 Å². The van der Waals surface area contributed by atoms with Crippen molar-refractivity contribution in [1.29, 1.82) is 0 Å². The largest absolute Gasteiger partial charge is 0.455 e. The molecular weight excluding hydrogens is 402 g/mol. The molecule has 0 spiro atoms. The van der Waals surface area contributed by atoms with Crippen LogP contribution in [-0.4, -0.2) is 44.1 Å². The first kappa shape index (κ1) is 20.4. The molecule has 0 N–H and O–H groups in total. The minimum absolute atomic E-state index is 0.0676. The molecule has 1 aromatic carbocycles. The quantitative estimate of drug-likeness (QED) is 0.241. The summed E-state index contributed by atoms with van der Waals surface area (Å²) in [5, 5.41) is 10.7. The second-order valence-electron chi connectivity index (χ2n) is 7.26. The number of hydrogen-bond donors (Lipinski definition) is 0. The molecule has 0 aliphatic carbocycles. The Bertz CT molecular complexity index is 920. The van der Waals surface area contributed by atoms with Gasteiger partial charge in [0, 0.05) is 23.8 Å². The minimum Gasteiger partial charge on any atom is -0.455 e. The Kier molecular flexibility index (Phi) is 5.53. The maximum Gasteiger partial charge on any atom is 0.355 e. The number of nitro groups is 1. The molecule has 0 radical (unpaired) electrons. The standard InChI is InChI=1S/C18H19N3O5S2/c1-10-9-27-16-13(19-28-12-8-6-5-7-11(12)21(24)25)15(22)20(16)14(10)17(23)26-18(2,3)4/h5-8,16H,9H2,1-4H3/b19-13+/t16-/m1/s1. The van der Waals surface area contributed by atoms with E-state index < -0.39 is 21.9 Å². The summed E-state index contributed by atoms with van der Waals surface area (Å²) < 4.78 is 9.68. The fraction of sp³-hybridized carbons (Fsp3) is 0.389. The predicted octanol–water partition coefficient (Wildman–Crippen LogP) is 3.57. The molecule has 1 fully saturated rings. The summed E-state index contributed by atoms with van der Waals surface area (Å²) in [6.07, 6.45) is 0. The molecule has 2 heterocycles. The first-order chi connectivity index (χ1) is 13.1. The van der Waals surface area contributed by atoms with E-state index in [1.807, 2.05) is 0 Å². The molecule has 0 unspecified atom stereocenters. The molecule has 2 aliphatic heterocycles. The molecule has 0 aromatic heterocycles. The fourth-order valence-electron chi connectivity index (χ4n) is 2.71. The highest BCUT2D eigenvalue weighted by Gasteiger charge is 2.51. The molecule has 1 saturated heterocycles. The van der Waals surface area contributed by atoms with Crippen molar-refractivity contribution in [2.75, 3.05) is 5.75 Å². The van der Waals surface area contributed by atoms with Crippen LogP contribution in [0.5, 0.6) is 0 Å². The lowest BCUT2D eigenvalue weighted by Gasteiger charge is -2.44. The number of hydrogen-bond acceptors (Lipinski definition) is 8. The van der Waals surface area contributed by atoms with E-state index >= 15 is 0 Å². The number of nitrogens with zero attached hydrogens (tertiary/aromatic N) is 3. The number of carbonyl (C=O) groups is 2. The molecule has 10 heteroatoms. The number of para-hydroxylation sites is 1. The number of amides is 1. The summed E-state index contributed by atoms with van der Waals surface area (Å²) >= 11 is 2.37. The molecule has 28 heavy (non-hydrogen) atoms. The smallest absolute Gasteiger partial charge is 0.355 e. The van der Waals surface area contributed by atoms with E-state index in [0.717, 1.165) is 17.5 Å². The van der Waals surface area contributed by atoms with Crippen LogP contribution in [0.1, 0.15) is 27.7 Å². The summed E-state index contributed by atoms with van der Waals surface area (Å²) in [4.78, 5) is 37.6. The van der Waals surface area contributed by atoms with Crippen molar-refractivity contribution in [3.63, 3.8) is 0 Å². The van der Waals surface area contributed by atoms with Crippen molar-refractivity contribution in [1.82, 2.24) is 4.90 Å². The van der Waals surface area contributed by atoms with Gasteiger partial charge in [0.05, 0.1) is 4.92 Å². The van der Waals surface area contributed by atoms with Crippen molar-refractivity contribution in [2.24, 2.45) is 4.40 Å². The van der Waals surface area contributed by atoms with Gasteiger partial charge in [0.15, 0.2) is 0 Å². The lowest BCUT2D eigenvalue weighted by atomic mass is 10.1. The monoisotopic (exact) mass is 421 g/mol. The maximum atomic E-state index is 12.7. The van der Waals surface area contributed by atoms with Crippen molar-refractivity contribution in [3.8, 4) is 0 Å². The van der Waals surface area contributed by atoms with Crippen LogP contribution < -0.4 is 0 Å². The average Bonchev–Trinajstić information content (AvgIpc) is 2.60. The van der Waals surface area contributed by atoms with E-state index in [0.29, 0.717) is 10.6 Å². The highest BCUT2D eigenvalue weighted by atomic mass is 32.2. The first-order valence-electron chi connectivity index (χ1n) is 8.46. The zero-order chi connectivity index (χ0) is 20.6. The summed E-state index contributed by atoms with van der Waals surface area (Å²) in [6.45, 7) is 7.10. The van der Waals surface area contributed by atoms with Gasteiger partial charge in [-0.05, 0) is 39.3 Å². The third-order valence-electron chi connectivity index (χ3n) is 3.91. The lowest BCUT2D eigenvalue weighted by Crippen LogP contribution is -2.62. The minimum atomic E-state index is -0.669. The molecule has 1 atom stereocenters. The third kappa shape index (κ3) is 3.93. The second kappa shape index (κ2) is 7.59. The summed E-state index contributed by atoms with van der Waals surface area (Å²) in [5.74, 6) is -0.351. The normalized spacial score (nSPS) is 20.7. The van der Waals surface area contributed by atoms with E-state index in [4.69, 9.17) is 4.74 Å². The molecule has 0 bridgehead atoms. The summed E-state index contributed by atoms with van der Waals surface area (Å²) in [6, 6.07) is 6.22. The number of carbonyl (C=O) groups excluding carboxylic acids is 2. The first-order valence-corrected chi connectivity index (χ1v) is 10.3. The Morgan fingerprint density at radius 2 is 2.07 bits per heavy atom. The predicted molar refractivity (Wildman–Crippen MR) is 108 cm³/mol. The van der Waals surface area contributed by atoms with Gasteiger partial charge in [-0.3, -0.25) is 19.8 Å². The van der Waals surface area contributed by atoms with E-state index in [-0.39, 0.29) is 23.0 Å². The van der Waals surface area contributed by atoms with E-state index in [1.54, 1.807) is 45.9 Å². The van der Waals surface area contributed by atoms with Crippen LogP contribution in [0.25, 0.3) is 0 Å². The Morgan fingerprint density at radius 1 is 1.39 bits per heavy atom. The number of ether oxygens (including phenoxy) is 1. The summed E-state index contributed by atoms with van der Waals surface area (Å²) in [7, 11) is 0. The number of esters is 1. The molecule has 148 valence electrons.